The molecule has 6 heteroatoms. The number of halogens is 1. The van der Waals surface area contributed by atoms with E-state index in [-0.39, 0.29) is 12.0 Å². The summed E-state index contributed by atoms with van der Waals surface area (Å²) in [5.41, 5.74) is 1.53. The van der Waals surface area contributed by atoms with E-state index in [1.807, 2.05) is 53.6 Å². The second-order valence-corrected chi connectivity index (χ2v) is 5.67. The maximum Gasteiger partial charge on any atom is 0.222 e. The van der Waals surface area contributed by atoms with Gasteiger partial charge in [-0.2, -0.15) is 4.99 Å². The van der Waals surface area contributed by atoms with Gasteiger partial charge in [-0.15, -0.1) is 0 Å². The minimum atomic E-state index is 0.0228. The standard InChI is InChI=1S/C16H15BrN4O/c1-22-16(11-5-3-2-4-6-11)20-15(18)13-9-19-14-8-7-12(17)10-21(13)14/h2-10,14,18-19H,1H3. The third-order valence-electron chi connectivity index (χ3n) is 3.34. The number of nitrogens with zero attached hydrogens (tertiary/aromatic N) is 2. The van der Waals surface area contributed by atoms with Gasteiger partial charge in [0.2, 0.25) is 5.90 Å². The first-order valence-electron chi connectivity index (χ1n) is 6.76. The number of nitrogens with one attached hydrogen (secondary N) is 2. The molecule has 0 bridgehead atoms. The minimum absolute atomic E-state index is 0.0228. The molecule has 0 aromatic heterocycles. The first-order chi connectivity index (χ1) is 10.7. The van der Waals surface area contributed by atoms with Crippen LogP contribution in [0.4, 0.5) is 0 Å². The van der Waals surface area contributed by atoms with E-state index in [4.69, 9.17) is 10.1 Å². The van der Waals surface area contributed by atoms with Crippen LogP contribution in [-0.4, -0.2) is 29.9 Å². The van der Waals surface area contributed by atoms with Crippen molar-refractivity contribution in [3.63, 3.8) is 0 Å². The van der Waals surface area contributed by atoms with E-state index >= 15 is 0 Å². The van der Waals surface area contributed by atoms with Crippen LogP contribution >= 0.6 is 15.9 Å². The summed E-state index contributed by atoms with van der Waals surface area (Å²) >= 11 is 3.45. The molecule has 1 aromatic carbocycles. The van der Waals surface area contributed by atoms with Gasteiger partial charge in [0.1, 0.15) is 11.9 Å². The SMILES string of the molecule is COC(=NC(=N)C1=CNC2C=CC(Br)=CN12)c1ccccc1. The van der Waals surface area contributed by atoms with Crippen LogP contribution in [0.2, 0.25) is 0 Å². The molecule has 1 atom stereocenters. The fourth-order valence-electron chi connectivity index (χ4n) is 2.28. The number of benzene rings is 1. The number of aliphatic imine (C=N–C) groups is 1. The Hall–Kier alpha value is -2.34. The Bertz CT molecular complexity index is 706. The summed E-state index contributed by atoms with van der Waals surface area (Å²) in [6.45, 7) is 0. The lowest BCUT2D eigenvalue weighted by Gasteiger charge is -2.25. The van der Waals surface area contributed by atoms with Crippen LogP contribution in [0.1, 0.15) is 5.56 Å². The molecule has 22 heavy (non-hydrogen) atoms. The first-order valence-corrected chi connectivity index (χ1v) is 7.55. The Kier molecular flexibility index (Phi) is 4.11. The van der Waals surface area contributed by atoms with Crippen molar-refractivity contribution in [2.75, 3.05) is 7.11 Å². The number of methoxy groups -OCH3 is 1. The van der Waals surface area contributed by atoms with Crippen molar-refractivity contribution in [1.29, 1.82) is 5.41 Å². The smallest absolute Gasteiger partial charge is 0.222 e. The zero-order chi connectivity index (χ0) is 15.5. The van der Waals surface area contributed by atoms with Gasteiger partial charge in [0.05, 0.1) is 7.11 Å². The van der Waals surface area contributed by atoms with Crippen molar-refractivity contribution in [2.24, 2.45) is 4.99 Å². The highest BCUT2D eigenvalue weighted by atomic mass is 79.9. The predicted molar refractivity (Wildman–Crippen MR) is 90.7 cm³/mol. The molecule has 0 saturated carbocycles. The molecule has 0 aliphatic carbocycles. The molecule has 112 valence electrons. The van der Waals surface area contributed by atoms with Gasteiger partial charge in [-0.25, -0.2) is 0 Å². The van der Waals surface area contributed by atoms with Crippen LogP contribution in [-0.2, 0) is 4.74 Å². The summed E-state index contributed by atoms with van der Waals surface area (Å²) < 4.78 is 6.28. The maximum atomic E-state index is 8.27. The first kappa shape index (κ1) is 14.6. The van der Waals surface area contributed by atoms with Crippen LogP contribution in [0.25, 0.3) is 0 Å². The van der Waals surface area contributed by atoms with Gasteiger partial charge in [-0.3, -0.25) is 5.41 Å². The van der Waals surface area contributed by atoms with E-state index in [9.17, 15) is 0 Å². The molecule has 0 saturated heterocycles. The summed E-state index contributed by atoms with van der Waals surface area (Å²) in [6, 6.07) is 9.56. The number of hydrogen-bond donors (Lipinski definition) is 2. The predicted octanol–water partition coefficient (Wildman–Crippen LogP) is 2.94. The fraction of sp³-hybridized carbons (Fsp3) is 0.125. The zero-order valence-corrected chi connectivity index (χ0v) is 13.5. The average molecular weight is 359 g/mol. The molecule has 0 spiro atoms. The topological polar surface area (TPSA) is 60.7 Å². The van der Waals surface area contributed by atoms with Crippen LogP contribution < -0.4 is 5.32 Å². The van der Waals surface area contributed by atoms with Crippen LogP contribution in [0.5, 0.6) is 0 Å². The number of hydrogen-bond acceptors (Lipinski definition) is 4. The number of rotatable bonds is 2. The molecule has 2 heterocycles. The Morgan fingerprint density at radius 2 is 2.14 bits per heavy atom. The van der Waals surface area contributed by atoms with Crippen molar-refractivity contribution >= 4 is 27.7 Å². The van der Waals surface area contributed by atoms with Crippen molar-refractivity contribution in [3.8, 4) is 0 Å². The Balaban J connectivity index is 1.85. The van der Waals surface area contributed by atoms with Crippen LogP contribution in [0.15, 0.2) is 70.1 Å². The largest absolute Gasteiger partial charge is 0.481 e. The zero-order valence-electron chi connectivity index (χ0n) is 12.0. The lowest BCUT2D eigenvalue weighted by Crippen LogP contribution is -2.34. The van der Waals surface area contributed by atoms with E-state index < -0.39 is 0 Å². The van der Waals surface area contributed by atoms with Gasteiger partial charge in [-0.1, -0.05) is 18.2 Å². The van der Waals surface area contributed by atoms with Crippen molar-refractivity contribution in [1.82, 2.24) is 10.2 Å². The molecular weight excluding hydrogens is 344 g/mol. The molecular formula is C16H15BrN4O. The Morgan fingerprint density at radius 3 is 2.86 bits per heavy atom. The molecule has 2 N–H and O–H groups in total. The summed E-state index contributed by atoms with van der Waals surface area (Å²) in [7, 11) is 1.56. The monoisotopic (exact) mass is 358 g/mol. The number of allylic oxidation sites excluding steroid dienone is 2. The van der Waals surface area contributed by atoms with Gasteiger partial charge < -0.3 is 15.0 Å². The minimum Gasteiger partial charge on any atom is -0.481 e. The summed E-state index contributed by atoms with van der Waals surface area (Å²) in [4.78, 5) is 6.28. The summed E-state index contributed by atoms with van der Waals surface area (Å²) in [5, 5.41) is 11.5. The molecule has 2 aliphatic rings. The van der Waals surface area contributed by atoms with E-state index in [1.165, 1.54) is 0 Å². The fourth-order valence-corrected chi connectivity index (χ4v) is 2.66. The van der Waals surface area contributed by atoms with Gasteiger partial charge >= 0.3 is 0 Å². The van der Waals surface area contributed by atoms with Gasteiger partial charge in [0.15, 0.2) is 5.84 Å². The lowest BCUT2D eigenvalue weighted by atomic mass is 10.2. The molecule has 3 rings (SSSR count). The van der Waals surface area contributed by atoms with Gasteiger partial charge in [0, 0.05) is 22.4 Å². The highest BCUT2D eigenvalue weighted by Gasteiger charge is 2.27. The van der Waals surface area contributed by atoms with Gasteiger partial charge in [-0.05, 0) is 40.2 Å². The van der Waals surface area contributed by atoms with Crippen LogP contribution in [0, 0.1) is 5.41 Å². The van der Waals surface area contributed by atoms with Gasteiger partial charge in [0.25, 0.3) is 0 Å². The van der Waals surface area contributed by atoms with E-state index in [1.54, 1.807) is 13.3 Å². The molecule has 1 unspecified atom stereocenters. The summed E-state index contributed by atoms with van der Waals surface area (Å²) in [5.74, 6) is 0.563. The quantitative estimate of drug-likeness (QED) is 0.631. The second-order valence-electron chi connectivity index (χ2n) is 4.76. The third-order valence-corrected chi connectivity index (χ3v) is 3.81. The number of amidine groups is 1. The van der Waals surface area contributed by atoms with Crippen molar-refractivity contribution < 1.29 is 4.74 Å². The molecule has 0 amide bonds. The highest BCUT2D eigenvalue weighted by molar-refractivity contribution is 9.11. The van der Waals surface area contributed by atoms with Crippen molar-refractivity contribution in [3.05, 3.63) is 70.6 Å². The Morgan fingerprint density at radius 1 is 1.36 bits per heavy atom. The van der Waals surface area contributed by atoms with Crippen LogP contribution in [0.3, 0.4) is 0 Å². The van der Waals surface area contributed by atoms with E-state index in [0.29, 0.717) is 11.6 Å². The molecule has 2 aliphatic heterocycles. The molecule has 1 aromatic rings. The Labute approximate surface area is 137 Å². The van der Waals surface area contributed by atoms with Crippen molar-refractivity contribution in [2.45, 2.75) is 6.17 Å². The highest BCUT2D eigenvalue weighted by Crippen LogP contribution is 2.25. The van der Waals surface area contributed by atoms with E-state index in [0.717, 1.165) is 10.0 Å². The van der Waals surface area contributed by atoms with E-state index in [2.05, 4.69) is 26.2 Å². The summed E-state index contributed by atoms with van der Waals surface area (Å²) in [6.07, 6.45) is 7.73. The maximum absolute atomic E-state index is 8.27. The number of fused-ring (bicyclic) bond motifs is 1. The average Bonchev–Trinajstić information content (AvgIpc) is 2.96. The third kappa shape index (κ3) is 2.82. The normalized spacial score (nSPS) is 20.0. The molecule has 5 nitrogen and oxygen atoms in total. The second kappa shape index (κ2) is 6.19. The molecule has 0 radical (unpaired) electrons. The molecule has 0 fully saturated rings. The number of ether oxygens (including phenoxy) is 1. The lowest BCUT2D eigenvalue weighted by molar-refractivity contribution is 0.403.